The van der Waals surface area contributed by atoms with E-state index in [-0.39, 0.29) is 0 Å². The summed E-state index contributed by atoms with van der Waals surface area (Å²) >= 11 is 0. The maximum Gasteiger partial charge on any atom is 0.123 e. The second kappa shape index (κ2) is 3.54. The van der Waals surface area contributed by atoms with E-state index in [4.69, 9.17) is 4.42 Å². The molecule has 1 aliphatic carbocycles. The van der Waals surface area contributed by atoms with E-state index in [1.54, 1.807) is 6.26 Å². The maximum absolute atomic E-state index is 5.52. The van der Waals surface area contributed by atoms with Crippen molar-refractivity contribution in [3.8, 4) is 0 Å². The van der Waals surface area contributed by atoms with Crippen molar-refractivity contribution in [3.63, 3.8) is 0 Å². The van der Waals surface area contributed by atoms with Crippen molar-refractivity contribution in [2.24, 2.45) is 5.92 Å². The molecule has 0 bridgehead atoms. The van der Waals surface area contributed by atoms with Crippen LogP contribution < -0.4 is 5.32 Å². The molecule has 1 atom stereocenters. The first-order valence-electron chi connectivity index (χ1n) is 5.10. The number of rotatable bonds is 4. The first kappa shape index (κ1) is 8.82. The van der Waals surface area contributed by atoms with Gasteiger partial charge in [0.2, 0.25) is 0 Å². The molecule has 2 heteroatoms. The van der Waals surface area contributed by atoms with E-state index in [1.807, 2.05) is 6.07 Å². The summed E-state index contributed by atoms with van der Waals surface area (Å²) in [7, 11) is 0. The predicted octanol–water partition coefficient (Wildman–Crippen LogP) is 2.65. The van der Waals surface area contributed by atoms with Gasteiger partial charge in [-0.05, 0) is 43.9 Å². The van der Waals surface area contributed by atoms with Crippen LogP contribution in [0.1, 0.15) is 37.1 Å². The largest absolute Gasteiger partial charge is 0.467 e. The standard InChI is InChI=1S/C11H17NO/c1-3-12-10(9-4-5-9)11-8(2)6-7-13-11/h6-7,9-10,12H,3-5H2,1-2H3. The van der Waals surface area contributed by atoms with Gasteiger partial charge in [-0.2, -0.15) is 0 Å². The minimum absolute atomic E-state index is 0.458. The van der Waals surface area contributed by atoms with Crippen LogP contribution in [0.4, 0.5) is 0 Å². The topological polar surface area (TPSA) is 25.2 Å². The molecule has 72 valence electrons. The van der Waals surface area contributed by atoms with Gasteiger partial charge in [-0.1, -0.05) is 6.92 Å². The zero-order valence-corrected chi connectivity index (χ0v) is 8.34. The van der Waals surface area contributed by atoms with Crippen LogP contribution in [0.2, 0.25) is 0 Å². The highest BCUT2D eigenvalue weighted by Crippen LogP contribution is 2.41. The lowest BCUT2D eigenvalue weighted by Gasteiger charge is -2.15. The molecule has 1 aliphatic rings. The lowest BCUT2D eigenvalue weighted by atomic mass is 10.1. The Kier molecular flexibility index (Phi) is 2.40. The Labute approximate surface area is 79.3 Å². The highest BCUT2D eigenvalue weighted by Gasteiger charge is 2.34. The third-order valence-corrected chi connectivity index (χ3v) is 2.70. The van der Waals surface area contributed by atoms with Crippen LogP contribution in [-0.4, -0.2) is 6.54 Å². The fourth-order valence-electron chi connectivity index (χ4n) is 1.83. The molecule has 1 fully saturated rings. The average molecular weight is 179 g/mol. The van der Waals surface area contributed by atoms with Gasteiger partial charge in [0.05, 0.1) is 12.3 Å². The average Bonchev–Trinajstić information content (AvgIpc) is 2.86. The second-order valence-corrected chi connectivity index (χ2v) is 3.84. The first-order valence-corrected chi connectivity index (χ1v) is 5.10. The number of furan rings is 1. The molecule has 1 heterocycles. The Morgan fingerprint density at radius 1 is 1.62 bits per heavy atom. The third kappa shape index (κ3) is 1.78. The van der Waals surface area contributed by atoms with Crippen LogP contribution in [0.15, 0.2) is 16.7 Å². The Bertz CT molecular complexity index is 275. The van der Waals surface area contributed by atoms with Gasteiger partial charge in [0.1, 0.15) is 5.76 Å². The van der Waals surface area contributed by atoms with Crippen LogP contribution in [0.25, 0.3) is 0 Å². The molecular formula is C11H17NO. The van der Waals surface area contributed by atoms with Crippen LogP contribution in [-0.2, 0) is 0 Å². The van der Waals surface area contributed by atoms with Crippen molar-refractivity contribution in [2.75, 3.05) is 6.54 Å². The summed E-state index contributed by atoms with van der Waals surface area (Å²) in [6.45, 7) is 5.28. The molecule has 0 radical (unpaired) electrons. The lowest BCUT2D eigenvalue weighted by Crippen LogP contribution is -2.22. The van der Waals surface area contributed by atoms with Gasteiger partial charge in [-0.3, -0.25) is 0 Å². The van der Waals surface area contributed by atoms with Crippen molar-refractivity contribution in [1.82, 2.24) is 5.32 Å². The molecule has 1 unspecified atom stereocenters. The van der Waals surface area contributed by atoms with E-state index >= 15 is 0 Å². The predicted molar refractivity (Wildman–Crippen MR) is 52.6 cm³/mol. The number of aryl methyl sites for hydroxylation is 1. The molecule has 2 rings (SSSR count). The zero-order valence-electron chi connectivity index (χ0n) is 8.34. The number of hydrogen-bond acceptors (Lipinski definition) is 2. The normalized spacial score (nSPS) is 18.9. The van der Waals surface area contributed by atoms with E-state index in [0.29, 0.717) is 6.04 Å². The summed E-state index contributed by atoms with van der Waals surface area (Å²) < 4.78 is 5.52. The summed E-state index contributed by atoms with van der Waals surface area (Å²) in [6, 6.07) is 2.50. The van der Waals surface area contributed by atoms with Crippen molar-refractivity contribution in [1.29, 1.82) is 0 Å². The Morgan fingerprint density at radius 3 is 2.85 bits per heavy atom. The zero-order chi connectivity index (χ0) is 9.26. The number of hydrogen-bond donors (Lipinski definition) is 1. The molecule has 0 aromatic carbocycles. The molecule has 2 nitrogen and oxygen atoms in total. The molecule has 1 saturated carbocycles. The molecule has 1 aromatic heterocycles. The molecular weight excluding hydrogens is 162 g/mol. The minimum Gasteiger partial charge on any atom is -0.467 e. The van der Waals surface area contributed by atoms with Gasteiger partial charge < -0.3 is 9.73 Å². The Morgan fingerprint density at radius 2 is 2.38 bits per heavy atom. The van der Waals surface area contributed by atoms with Crippen molar-refractivity contribution in [2.45, 2.75) is 32.7 Å². The fraction of sp³-hybridized carbons (Fsp3) is 0.636. The molecule has 1 N–H and O–H groups in total. The van der Waals surface area contributed by atoms with Gasteiger partial charge in [0.25, 0.3) is 0 Å². The van der Waals surface area contributed by atoms with E-state index < -0.39 is 0 Å². The van der Waals surface area contributed by atoms with Gasteiger partial charge in [0, 0.05) is 0 Å². The molecule has 0 spiro atoms. The maximum atomic E-state index is 5.52. The summed E-state index contributed by atoms with van der Waals surface area (Å²) in [6.07, 6.45) is 4.48. The molecule has 0 aliphatic heterocycles. The summed E-state index contributed by atoms with van der Waals surface area (Å²) in [5, 5.41) is 3.49. The van der Waals surface area contributed by atoms with Crippen LogP contribution >= 0.6 is 0 Å². The minimum atomic E-state index is 0.458. The Balaban J connectivity index is 2.14. The molecule has 0 saturated heterocycles. The lowest BCUT2D eigenvalue weighted by molar-refractivity contribution is 0.386. The summed E-state index contributed by atoms with van der Waals surface area (Å²) in [4.78, 5) is 0. The monoisotopic (exact) mass is 179 g/mol. The van der Waals surface area contributed by atoms with E-state index in [0.717, 1.165) is 18.2 Å². The quantitative estimate of drug-likeness (QED) is 0.768. The van der Waals surface area contributed by atoms with Crippen LogP contribution in [0, 0.1) is 12.8 Å². The van der Waals surface area contributed by atoms with Crippen LogP contribution in [0.5, 0.6) is 0 Å². The number of nitrogens with one attached hydrogen (secondary N) is 1. The van der Waals surface area contributed by atoms with Gasteiger partial charge in [0.15, 0.2) is 0 Å². The highest BCUT2D eigenvalue weighted by molar-refractivity contribution is 5.20. The van der Waals surface area contributed by atoms with E-state index in [1.165, 1.54) is 18.4 Å². The van der Waals surface area contributed by atoms with E-state index in [2.05, 4.69) is 19.2 Å². The van der Waals surface area contributed by atoms with Crippen LogP contribution in [0.3, 0.4) is 0 Å². The molecule has 0 amide bonds. The highest BCUT2D eigenvalue weighted by atomic mass is 16.3. The molecule has 1 aromatic rings. The fourth-order valence-corrected chi connectivity index (χ4v) is 1.83. The van der Waals surface area contributed by atoms with Gasteiger partial charge >= 0.3 is 0 Å². The van der Waals surface area contributed by atoms with Crippen molar-refractivity contribution >= 4 is 0 Å². The first-order chi connectivity index (χ1) is 6.33. The Hall–Kier alpha value is -0.760. The second-order valence-electron chi connectivity index (χ2n) is 3.84. The van der Waals surface area contributed by atoms with Crippen molar-refractivity contribution in [3.05, 3.63) is 23.7 Å². The smallest absolute Gasteiger partial charge is 0.123 e. The SMILES string of the molecule is CCNC(c1occc1C)C1CC1. The summed E-state index contributed by atoms with van der Waals surface area (Å²) in [5.41, 5.74) is 1.28. The summed E-state index contributed by atoms with van der Waals surface area (Å²) in [5.74, 6) is 1.95. The third-order valence-electron chi connectivity index (χ3n) is 2.70. The molecule has 13 heavy (non-hydrogen) atoms. The van der Waals surface area contributed by atoms with Gasteiger partial charge in [-0.15, -0.1) is 0 Å². The van der Waals surface area contributed by atoms with E-state index in [9.17, 15) is 0 Å². The van der Waals surface area contributed by atoms with Crippen molar-refractivity contribution < 1.29 is 4.42 Å². The van der Waals surface area contributed by atoms with Gasteiger partial charge in [-0.25, -0.2) is 0 Å².